The van der Waals surface area contributed by atoms with Crippen molar-refractivity contribution in [3.63, 3.8) is 0 Å². The fraction of sp³-hybridized carbons (Fsp3) is 0.250. The predicted molar refractivity (Wildman–Crippen MR) is 111 cm³/mol. The molecule has 2 amide bonds. The van der Waals surface area contributed by atoms with E-state index in [2.05, 4.69) is 15.8 Å². The van der Waals surface area contributed by atoms with E-state index in [0.29, 0.717) is 0 Å². The first kappa shape index (κ1) is 19.4. The zero-order valence-corrected chi connectivity index (χ0v) is 16.6. The SMILES string of the molecule is CCC[C@@H](C(=O)NNC(=O)CSc1nc2ccccc2s1)c1ccccc1. The molecule has 0 aliphatic heterocycles. The van der Waals surface area contributed by atoms with Crippen LogP contribution in [0.25, 0.3) is 10.2 Å². The van der Waals surface area contributed by atoms with Crippen LogP contribution in [0.15, 0.2) is 58.9 Å². The van der Waals surface area contributed by atoms with E-state index < -0.39 is 0 Å². The quantitative estimate of drug-likeness (QED) is 0.463. The van der Waals surface area contributed by atoms with Crippen molar-refractivity contribution in [3.05, 3.63) is 60.2 Å². The number of amides is 2. The van der Waals surface area contributed by atoms with E-state index in [1.165, 1.54) is 11.8 Å². The summed E-state index contributed by atoms with van der Waals surface area (Å²) < 4.78 is 1.94. The maximum absolute atomic E-state index is 12.5. The molecule has 0 saturated heterocycles. The third-order valence-corrected chi connectivity index (χ3v) is 6.20. The van der Waals surface area contributed by atoms with E-state index in [1.54, 1.807) is 11.3 Å². The van der Waals surface area contributed by atoms with Crippen LogP contribution in [-0.2, 0) is 9.59 Å². The maximum Gasteiger partial charge on any atom is 0.248 e. The van der Waals surface area contributed by atoms with Gasteiger partial charge in [-0.25, -0.2) is 4.98 Å². The summed E-state index contributed by atoms with van der Waals surface area (Å²) in [5.41, 5.74) is 6.96. The lowest BCUT2D eigenvalue weighted by atomic mass is 9.94. The monoisotopic (exact) mass is 399 g/mol. The summed E-state index contributed by atoms with van der Waals surface area (Å²) in [5, 5.41) is 0. The van der Waals surface area contributed by atoms with Crippen LogP contribution in [0.4, 0.5) is 0 Å². The van der Waals surface area contributed by atoms with Gasteiger partial charge in [-0.15, -0.1) is 11.3 Å². The van der Waals surface area contributed by atoms with Gasteiger partial charge in [0.15, 0.2) is 4.34 Å². The summed E-state index contributed by atoms with van der Waals surface area (Å²) >= 11 is 2.92. The van der Waals surface area contributed by atoms with Gasteiger partial charge in [-0.05, 0) is 24.1 Å². The Hall–Kier alpha value is -2.38. The van der Waals surface area contributed by atoms with Crippen molar-refractivity contribution >= 4 is 45.1 Å². The number of aromatic nitrogens is 1. The van der Waals surface area contributed by atoms with Crippen molar-refractivity contribution in [2.45, 2.75) is 30.0 Å². The minimum absolute atomic E-state index is 0.193. The zero-order chi connectivity index (χ0) is 19.1. The van der Waals surface area contributed by atoms with Gasteiger partial charge in [0.05, 0.1) is 21.9 Å². The fourth-order valence-electron chi connectivity index (χ4n) is 2.72. The van der Waals surface area contributed by atoms with E-state index in [1.807, 2.05) is 61.5 Å². The van der Waals surface area contributed by atoms with Gasteiger partial charge >= 0.3 is 0 Å². The van der Waals surface area contributed by atoms with Gasteiger partial charge in [-0.2, -0.15) is 0 Å². The minimum atomic E-state index is -0.270. The number of hydrazine groups is 1. The number of hydrogen-bond acceptors (Lipinski definition) is 5. The first-order valence-corrected chi connectivity index (χ1v) is 10.6. The Kier molecular flexibility index (Phi) is 6.84. The zero-order valence-electron chi connectivity index (χ0n) is 15.0. The first-order chi connectivity index (χ1) is 13.2. The van der Waals surface area contributed by atoms with Crippen LogP contribution in [-0.4, -0.2) is 22.6 Å². The number of carbonyl (C=O) groups excluding carboxylic acids is 2. The fourth-order valence-corrected chi connectivity index (χ4v) is 4.59. The largest absolute Gasteiger partial charge is 0.273 e. The summed E-state index contributed by atoms with van der Waals surface area (Å²) in [6, 6.07) is 17.5. The molecule has 0 bridgehead atoms. The van der Waals surface area contributed by atoms with Crippen LogP contribution in [0.3, 0.4) is 0 Å². The van der Waals surface area contributed by atoms with Crippen molar-refractivity contribution in [1.29, 1.82) is 0 Å². The molecule has 1 atom stereocenters. The highest BCUT2D eigenvalue weighted by atomic mass is 32.2. The van der Waals surface area contributed by atoms with Crippen molar-refractivity contribution < 1.29 is 9.59 Å². The van der Waals surface area contributed by atoms with Crippen molar-refractivity contribution in [2.24, 2.45) is 0 Å². The summed E-state index contributed by atoms with van der Waals surface area (Å²) in [4.78, 5) is 29.1. The van der Waals surface area contributed by atoms with E-state index >= 15 is 0 Å². The number of rotatable bonds is 7. The highest BCUT2D eigenvalue weighted by Crippen LogP contribution is 2.29. The molecule has 3 aromatic rings. The predicted octanol–water partition coefficient (Wildman–Crippen LogP) is 4.12. The number of nitrogens with zero attached hydrogens (tertiary/aromatic N) is 1. The normalized spacial score (nSPS) is 11.9. The smallest absolute Gasteiger partial charge is 0.248 e. The number of thiazole rings is 1. The summed E-state index contributed by atoms with van der Waals surface area (Å²) in [7, 11) is 0. The molecule has 7 heteroatoms. The Bertz CT molecular complexity index is 879. The molecule has 0 saturated carbocycles. The molecule has 2 N–H and O–H groups in total. The number of thioether (sulfide) groups is 1. The maximum atomic E-state index is 12.5. The van der Waals surface area contributed by atoms with Gasteiger partial charge in [-0.1, -0.05) is 67.6 Å². The van der Waals surface area contributed by atoms with Crippen LogP contribution in [0, 0.1) is 0 Å². The van der Waals surface area contributed by atoms with E-state index in [4.69, 9.17) is 0 Å². The summed E-state index contributed by atoms with van der Waals surface area (Å²) in [6.07, 6.45) is 1.61. The van der Waals surface area contributed by atoms with Crippen LogP contribution in [0.1, 0.15) is 31.2 Å². The number of para-hydroxylation sites is 1. The summed E-state index contributed by atoms with van der Waals surface area (Å²) in [5.74, 6) is -0.519. The Labute approximate surface area is 166 Å². The minimum Gasteiger partial charge on any atom is -0.273 e. The molecule has 1 aromatic heterocycles. The lowest BCUT2D eigenvalue weighted by molar-refractivity contribution is -0.128. The third-order valence-electron chi connectivity index (χ3n) is 4.02. The highest BCUT2D eigenvalue weighted by molar-refractivity contribution is 8.01. The Balaban J connectivity index is 1.50. The number of fused-ring (bicyclic) bond motifs is 1. The lowest BCUT2D eigenvalue weighted by Crippen LogP contribution is -2.44. The molecule has 2 aromatic carbocycles. The van der Waals surface area contributed by atoms with E-state index in [0.717, 1.165) is 33.0 Å². The molecule has 0 unspecified atom stereocenters. The number of nitrogens with one attached hydrogen (secondary N) is 2. The van der Waals surface area contributed by atoms with E-state index in [-0.39, 0.29) is 23.5 Å². The molecule has 0 fully saturated rings. The Morgan fingerprint density at radius 1 is 1.07 bits per heavy atom. The van der Waals surface area contributed by atoms with Crippen LogP contribution in [0.5, 0.6) is 0 Å². The van der Waals surface area contributed by atoms with Crippen molar-refractivity contribution in [1.82, 2.24) is 15.8 Å². The highest BCUT2D eigenvalue weighted by Gasteiger charge is 2.20. The molecule has 3 rings (SSSR count). The molecule has 27 heavy (non-hydrogen) atoms. The molecule has 0 aliphatic rings. The van der Waals surface area contributed by atoms with Gasteiger partial charge < -0.3 is 0 Å². The number of hydrogen-bond donors (Lipinski definition) is 2. The molecule has 140 valence electrons. The molecule has 5 nitrogen and oxygen atoms in total. The molecule has 0 radical (unpaired) electrons. The van der Waals surface area contributed by atoms with Crippen LogP contribution >= 0.6 is 23.1 Å². The Morgan fingerprint density at radius 3 is 2.56 bits per heavy atom. The molecule has 1 heterocycles. The van der Waals surface area contributed by atoms with Crippen molar-refractivity contribution in [3.8, 4) is 0 Å². The average Bonchev–Trinajstić information content (AvgIpc) is 3.12. The molecular weight excluding hydrogens is 378 g/mol. The van der Waals surface area contributed by atoms with Gasteiger partial charge in [0.2, 0.25) is 11.8 Å². The van der Waals surface area contributed by atoms with Crippen LogP contribution in [0.2, 0.25) is 0 Å². The van der Waals surface area contributed by atoms with Gasteiger partial charge in [0, 0.05) is 0 Å². The van der Waals surface area contributed by atoms with Crippen LogP contribution < -0.4 is 10.9 Å². The molecular formula is C20H21N3O2S2. The summed E-state index contributed by atoms with van der Waals surface area (Å²) in [6.45, 7) is 2.04. The van der Waals surface area contributed by atoms with E-state index in [9.17, 15) is 9.59 Å². The third kappa shape index (κ3) is 5.30. The number of benzene rings is 2. The average molecular weight is 400 g/mol. The van der Waals surface area contributed by atoms with Crippen molar-refractivity contribution in [2.75, 3.05) is 5.75 Å². The standard InChI is InChI=1S/C20H21N3O2S2/c1-2-8-15(14-9-4-3-5-10-14)19(25)23-22-18(24)13-26-20-21-16-11-6-7-12-17(16)27-20/h3-7,9-12,15H,2,8,13H2,1H3,(H,22,24)(H,23,25)/t15-/m1/s1. The number of carbonyl (C=O) groups is 2. The van der Waals surface area contributed by atoms with Gasteiger partial charge in [0.1, 0.15) is 0 Å². The lowest BCUT2D eigenvalue weighted by Gasteiger charge is -2.16. The Morgan fingerprint density at radius 2 is 1.81 bits per heavy atom. The first-order valence-electron chi connectivity index (χ1n) is 8.79. The van der Waals surface area contributed by atoms with Gasteiger partial charge in [-0.3, -0.25) is 20.4 Å². The second-order valence-corrected chi connectivity index (χ2v) is 8.28. The van der Waals surface area contributed by atoms with Gasteiger partial charge in [0.25, 0.3) is 0 Å². The molecule has 0 aliphatic carbocycles. The molecule has 0 spiro atoms. The second kappa shape index (κ2) is 9.53. The topological polar surface area (TPSA) is 71.1 Å². The second-order valence-electron chi connectivity index (χ2n) is 6.03.